The van der Waals surface area contributed by atoms with E-state index < -0.39 is 0 Å². The van der Waals surface area contributed by atoms with Crippen molar-refractivity contribution >= 4 is 17.8 Å². The number of carbonyl (C=O) groups excluding carboxylic acids is 2. The minimum Gasteiger partial charge on any atom is -0.489 e. The lowest BCUT2D eigenvalue weighted by molar-refractivity contribution is 0.0600. The van der Waals surface area contributed by atoms with E-state index in [1.807, 2.05) is 13.0 Å². The zero-order valence-electron chi connectivity index (χ0n) is 15.9. The number of furan rings is 1. The van der Waals surface area contributed by atoms with Gasteiger partial charge in [0.1, 0.15) is 29.6 Å². The molecule has 6 nitrogen and oxygen atoms in total. The summed E-state index contributed by atoms with van der Waals surface area (Å²) in [5, 5.41) is 0. The van der Waals surface area contributed by atoms with Gasteiger partial charge in [-0.3, -0.25) is 4.79 Å². The molecule has 2 heterocycles. The van der Waals surface area contributed by atoms with Gasteiger partial charge >= 0.3 is 5.97 Å². The zero-order chi connectivity index (χ0) is 20.4. The molecule has 0 spiro atoms. The number of Topliss-reactive ketones (excluding diaryl/α,β-unsaturated/α-hetero) is 1. The maximum Gasteiger partial charge on any atom is 0.337 e. The highest BCUT2D eigenvalue weighted by molar-refractivity contribution is 6.14. The van der Waals surface area contributed by atoms with Crippen molar-refractivity contribution in [1.82, 2.24) is 0 Å². The van der Waals surface area contributed by atoms with E-state index in [9.17, 15) is 9.59 Å². The van der Waals surface area contributed by atoms with E-state index in [-0.39, 0.29) is 17.5 Å². The number of carbonyl (C=O) groups is 2. The topological polar surface area (TPSA) is 75.0 Å². The summed E-state index contributed by atoms with van der Waals surface area (Å²) < 4.78 is 21.6. The van der Waals surface area contributed by atoms with Crippen LogP contribution >= 0.6 is 0 Å². The van der Waals surface area contributed by atoms with Crippen molar-refractivity contribution in [2.75, 3.05) is 7.11 Å². The van der Waals surface area contributed by atoms with Gasteiger partial charge in [0.05, 0.1) is 18.2 Å². The zero-order valence-corrected chi connectivity index (χ0v) is 15.9. The molecule has 0 radical (unpaired) electrons. The van der Waals surface area contributed by atoms with Crippen molar-refractivity contribution in [3.8, 4) is 11.5 Å². The number of aryl methyl sites for hydroxylation is 1. The average Bonchev–Trinajstić information content (AvgIpc) is 3.29. The fraction of sp³-hybridized carbons (Fsp3) is 0.130. The normalized spacial score (nSPS) is 13.9. The molecule has 0 aliphatic carbocycles. The summed E-state index contributed by atoms with van der Waals surface area (Å²) in [5.41, 5.74) is 1.85. The summed E-state index contributed by atoms with van der Waals surface area (Å²) in [6.07, 6.45) is 1.58. The van der Waals surface area contributed by atoms with E-state index >= 15 is 0 Å². The second kappa shape index (κ2) is 7.67. The smallest absolute Gasteiger partial charge is 0.337 e. The number of ketones is 1. The highest BCUT2D eigenvalue weighted by Gasteiger charge is 2.28. The van der Waals surface area contributed by atoms with Gasteiger partial charge in [-0.05, 0) is 48.9 Å². The first-order valence-corrected chi connectivity index (χ1v) is 8.98. The second-order valence-corrected chi connectivity index (χ2v) is 6.52. The monoisotopic (exact) mass is 390 g/mol. The number of methoxy groups -OCH3 is 1. The van der Waals surface area contributed by atoms with Crippen molar-refractivity contribution in [3.05, 3.63) is 88.6 Å². The molecule has 1 aliphatic rings. The van der Waals surface area contributed by atoms with Gasteiger partial charge in [0.25, 0.3) is 0 Å². The van der Waals surface area contributed by atoms with E-state index in [2.05, 4.69) is 4.74 Å². The van der Waals surface area contributed by atoms with Crippen LogP contribution in [0.2, 0.25) is 0 Å². The quantitative estimate of drug-likeness (QED) is 0.469. The van der Waals surface area contributed by atoms with Crippen LogP contribution in [0.4, 0.5) is 0 Å². The Balaban J connectivity index is 1.45. The van der Waals surface area contributed by atoms with Crippen LogP contribution in [-0.4, -0.2) is 18.9 Å². The summed E-state index contributed by atoms with van der Waals surface area (Å²) >= 11 is 0. The molecule has 146 valence electrons. The Morgan fingerprint density at radius 2 is 1.86 bits per heavy atom. The van der Waals surface area contributed by atoms with Gasteiger partial charge in [0.2, 0.25) is 5.78 Å². The molecule has 0 saturated carbocycles. The molecule has 0 amide bonds. The number of hydrogen-bond donors (Lipinski definition) is 0. The maximum atomic E-state index is 12.5. The van der Waals surface area contributed by atoms with Crippen molar-refractivity contribution < 1.29 is 28.2 Å². The third-order valence-corrected chi connectivity index (χ3v) is 4.46. The van der Waals surface area contributed by atoms with Crippen LogP contribution < -0.4 is 9.47 Å². The lowest BCUT2D eigenvalue weighted by atomic mass is 10.1. The van der Waals surface area contributed by atoms with Crippen molar-refractivity contribution in [2.24, 2.45) is 0 Å². The molecule has 0 saturated heterocycles. The fourth-order valence-corrected chi connectivity index (χ4v) is 2.94. The summed E-state index contributed by atoms with van der Waals surface area (Å²) in [6, 6.07) is 15.7. The molecule has 1 aliphatic heterocycles. The minimum atomic E-state index is -0.383. The first-order chi connectivity index (χ1) is 14.0. The molecule has 0 N–H and O–H groups in total. The number of ether oxygens (including phenoxy) is 3. The number of esters is 1. The molecule has 0 fully saturated rings. The Labute approximate surface area is 167 Å². The molecule has 4 rings (SSSR count). The summed E-state index contributed by atoms with van der Waals surface area (Å²) in [7, 11) is 1.34. The molecule has 1 aromatic heterocycles. The maximum absolute atomic E-state index is 12.5. The van der Waals surface area contributed by atoms with Gasteiger partial charge in [0.15, 0.2) is 5.76 Å². The number of hydrogen-bond acceptors (Lipinski definition) is 6. The Morgan fingerprint density at radius 3 is 2.55 bits per heavy atom. The third kappa shape index (κ3) is 3.91. The second-order valence-electron chi connectivity index (χ2n) is 6.52. The number of allylic oxidation sites excluding steroid dienone is 1. The van der Waals surface area contributed by atoms with Gasteiger partial charge in [-0.1, -0.05) is 12.1 Å². The molecule has 0 bridgehead atoms. The highest BCUT2D eigenvalue weighted by Crippen LogP contribution is 2.35. The Hall–Kier alpha value is -3.80. The van der Waals surface area contributed by atoms with Crippen LogP contribution in [0.5, 0.6) is 11.5 Å². The third-order valence-electron chi connectivity index (χ3n) is 4.46. The number of rotatable bonds is 5. The average molecular weight is 390 g/mol. The van der Waals surface area contributed by atoms with Gasteiger partial charge in [-0.15, -0.1) is 0 Å². The first kappa shape index (κ1) is 18.6. The number of benzene rings is 2. The highest BCUT2D eigenvalue weighted by atomic mass is 16.5. The van der Waals surface area contributed by atoms with Crippen molar-refractivity contribution in [1.29, 1.82) is 0 Å². The van der Waals surface area contributed by atoms with Crippen molar-refractivity contribution in [2.45, 2.75) is 13.5 Å². The molecule has 0 unspecified atom stereocenters. The lowest BCUT2D eigenvalue weighted by Crippen LogP contribution is -2.02. The summed E-state index contributed by atoms with van der Waals surface area (Å²) in [6.45, 7) is 2.14. The molecular weight excluding hydrogens is 372 g/mol. The van der Waals surface area contributed by atoms with E-state index in [1.165, 1.54) is 7.11 Å². The van der Waals surface area contributed by atoms with Gasteiger partial charge in [-0.2, -0.15) is 0 Å². The van der Waals surface area contributed by atoms with E-state index in [1.54, 1.807) is 54.6 Å². The lowest BCUT2D eigenvalue weighted by Gasteiger charge is -2.08. The molecule has 2 aromatic carbocycles. The molecule has 0 atom stereocenters. The predicted molar refractivity (Wildman–Crippen MR) is 105 cm³/mol. The largest absolute Gasteiger partial charge is 0.489 e. The summed E-state index contributed by atoms with van der Waals surface area (Å²) in [4.78, 5) is 24.0. The van der Waals surface area contributed by atoms with Crippen LogP contribution in [-0.2, 0) is 11.3 Å². The van der Waals surface area contributed by atoms with Gasteiger partial charge in [0, 0.05) is 12.1 Å². The standard InChI is InChI=1S/C23H18O6/c1-14-3-8-18(28-14)12-21-22(24)19-10-9-17(11-20(19)29-21)27-13-15-4-6-16(7-5-15)23(25)26-2/h3-12H,13H2,1-2H3/b21-12+. The van der Waals surface area contributed by atoms with Crippen LogP contribution in [0.15, 0.2) is 64.8 Å². The minimum absolute atomic E-state index is 0.195. The van der Waals surface area contributed by atoms with E-state index in [4.69, 9.17) is 13.9 Å². The van der Waals surface area contributed by atoms with Gasteiger partial charge < -0.3 is 18.6 Å². The van der Waals surface area contributed by atoms with Crippen LogP contribution in [0, 0.1) is 6.92 Å². The Bertz CT molecular complexity index is 1100. The van der Waals surface area contributed by atoms with E-state index in [0.29, 0.717) is 35.0 Å². The van der Waals surface area contributed by atoms with Crippen LogP contribution in [0.25, 0.3) is 6.08 Å². The van der Waals surface area contributed by atoms with Crippen LogP contribution in [0.3, 0.4) is 0 Å². The van der Waals surface area contributed by atoms with E-state index in [0.717, 1.165) is 11.3 Å². The van der Waals surface area contributed by atoms with Crippen molar-refractivity contribution in [3.63, 3.8) is 0 Å². The SMILES string of the molecule is COC(=O)c1ccc(COc2ccc3c(c2)O/C(=C/c2ccc(C)o2)C3=O)cc1. The van der Waals surface area contributed by atoms with Gasteiger partial charge in [-0.25, -0.2) is 4.79 Å². The first-order valence-electron chi connectivity index (χ1n) is 8.98. The number of fused-ring (bicyclic) bond motifs is 1. The predicted octanol–water partition coefficient (Wildman–Crippen LogP) is 4.57. The molecule has 29 heavy (non-hydrogen) atoms. The molecule has 6 heteroatoms. The molecular formula is C23H18O6. The fourth-order valence-electron chi connectivity index (χ4n) is 2.94. The Kier molecular flexibility index (Phi) is 4.91. The van der Waals surface area contributed by atoms with Crippen LogP contribution in [0.1, 0.15) is 37.8 Å². The Morgan fingerprint density at radius 1 is 1.07 bits per heavy atom. The summed E-state index contributed by atoms with van der Waals surface area (Å²) in [5.74, 6) is 1.97. The molecule has 3 aromatic rings.